The molecule has 6 fully saturated rings. The van der Waals surface area contributed by atoms with E-state index in [1.165, 1.54) is 0 Å². The van der Waals surface area contributed by atoms with E-state index in [4.69, 9.17) is 52.1 Å². The molecule has 57 heavy (non-hydrogen) atoms. The average molecular weight is 841 g/mol. The van der Waals surface area contributed by atoms with Gasteiger partial charge in [-0.05, 0) is 0 Å². The van der Waals surface area contributed by atoms with Gasteiger partial charge in [-0.1, -0.05) is 0 Å². The van der Waals surface area contributed by atoms with E-state index in [-0.39, 0.29) is 0 Å². The standard InChI is InChI=1S/C31H52O26/c32-1-7(37)21-17(42)20(45)29(53-21)56-24-16(41)11(5-36)52-31(24)57-25-22(12(48-26(25)46)6-47-27-18(43)13(38)8(2-33)49-27)54-30-23(15(40)10(4-35)51-30)55-28-19(44)14(39)9(3-34)50-28/h7-46H,1-6H2/t7-,8+,9+,10+,11+,12+,13+,14+,15+,16+,17-,18-,19-,20-,21+,22+,23-,24-,25-,26+,27-,28+,29+,30+,31-/m1/s1. The van der Waals surface area contributed by atoms with E-state index in [1.807, 2.05) is 0 Å². The highest BCUT2D eigenvalue weighted by atomic mass is 16.8. The lowest BCUT2D eigenvalue weighted by Crippen LogP contribution is -2.50. The van der Waals surface area contributed by atoms with Crippen molar-refractivity contribution in [2.45, 2.75) is 154 Å². The molecule has 6 aliphatic rings. The van der Waals surface area contributed by atoms with Gasteiger partial charge in [-0.25, -0.2) is 0 Å². The molecule has 15 N–H and O–H groups in total. The molecule has 26 heteroatoms. The van der Waals surface area contributed by atoms with E-state index in [1.54, 1.807) is 0 Å². The van der Waals surface area contributed by atoms with Gasteiger partial charge in [-0.2, -0.15) is 0 Å². The van der Waals surface area contributed by atoms with Gasteiger partial charge in [-0.15, -0.1) is 0 Å². The van der Waals surface area contributed by atoms with Crippen LogP contribution in [-0.2, 0) is 52.1 Å². The Morgan fingerprint density at radius 1 is 0.386 bits per heavy atom. The molecule has 0 radical (unpaired) electrons. The number of hydrogen-bond donors (Lipinski definition) is 15. The Balaban J connectivity index is 1.24. The molecule has 26 nitrogen and oxygen atoms in total. The second-order valence-electron chi connectivity index (χ2n) is 14.3. The molecular formula is C31H52O26. The van der Waals surface area contributed by atoms with Gasteiger partial charge >= 0.3 is 0 Å². The molecule has 0 aliphatic carbocycles. The monoisotopic (exact) mass is 840 g/mol. The Hall–Kier alpha value is -1.04. The molecule has 0 saturated carbocycles. The number of ether oxygens (including phenoxy) is 11. The van der Waals surface area contributed by atoms with Crippen LogP contribution in [0.4, 0.5) is 0 Å². The topological polar surface area (TPSA) is 405 Å². The number of rotatable bonds is 17. The molecule has 6 rings (SSSR count). The minimum absolute atomic E-state index is 0.630. The first-order valence-corrected chi connectivity index (χ1v) is 18.2. The lowest BCUT2D eigenvalue weighted by Gasteiger charge is -2.32. The second-order valence-corrected chi connectivity index (χ2v) is 14.3. The van der Waals surface area contributed by atoms with Crippen LogP contribution in [0.3, 0.4) is 0 Å². The fourth-order valence-electron chi connectivity index (χ4n) is 7.36. The fraction of sp³-hybridized carbons (Fsp3) is 1.00. The predicted octanol–water partition coefficient (Wildman–Crippen LogP) is -10.9. The summed E-state index contributed by atoms with van der Waals surface area (Å²) in [5.74, 6) is 0. The molecule has 0 unspecified atom stereocenters. The van der Waals surface area contributed by atoms with Crippen molar-refractivity contribution in [2.75, 3.05) is 39.6 Å². The Kier molecular flexibility index (Phi) is 15.4. The van der Waals surface area contributed by atoms with Crippen molar-refractivity contribution < 1.29 is 129 Å². The van der Waals surface area contributed by atoms with Crippen molar-refractivity contribution >= 4 is 0 Å². The Bertz CT molecular complexity index is 1260. The third kappa shape index (κ3) is 9.13. The highest BCUT2D eigenvalue weighted by Crippen LogP contribution is 2.38. The van der Waals surface area contributed by atoms with Crippen LogP contribution in [-0.4, -0.2) is 270 Å². The number of aliphatic hydroxyl groups is 15. The lowest BCUT2D eigenvalue weighted by molar-refractivity contribution is -0.291. The molecule has 0 aromatic rings. The maximum absolute atomic E-state index is 11.2. The maximum atomic E-state index is 11.2. The molecule has 0 spiro atoms. The summed E-state index contributed by atoms with van der Waals surface area (Å²) in [5, 5.41) is 154. The van der Waals surface area contributed by atoms with Crippen molar-refractivity contribution in [3.63, 3.8) is 0 Å². The van der Waals surface area contributed by atoms with Gasteiger partial charge in [0, 0.05) is 0 Å². The molecule has 0 aromatic carbocycles. The molecular weight excluding hydrogens is 788 g/mol. The van der Waals surface area contributed by atoms with Gasteiger partial charge in [0.25, 0.3) is 0 Å². The van der Waals surface area contributed by atoms with E-state index >= 15 is 0 Å². The number of hydrogen-bond acceptors (Lipinski definition) is 26. The second kappa shape index (κ2) is 19.3. The highest BCUT2D eigenvalue weighted by molar-refractivity contribution is 4.98. The zero-order chi connectivity index (χ0) is 41.5. The van der Waals surface area contributed by atoms with Gasteiger partial charge in [-0.3, -0.25) is 0 Å². The maximum Gasteiger partial charge on any atom is 0.187 e. The van der Waals surface area contributed by atoms with Crippen LogP contribution in [0.5, 0.6) is 0 Å². The predicted molar refractivity (Wildman–Crippen MR) is 169 cm³/mol. The summed E-state index contributed by atoms with van der Waals surface area (Å²) < 4.78 is 62.3. The third-order valence-corrected chi connectivity index (χ3v) is 10.6. The molecule has 0 amide bonds. The van der Waals surface area contributed by atoms with Crippen LogP contribution >= 0.6 is 0 Å². The summed E-state index contributed by atoms with van der Waals surface area (Å²) in [6, 6.07) is 0. The largest absolute Gasteiger partial charge is 0.394 e. The van der Waals surface area contributed by atoms with Gasteiger partial charge in [0.15, 0.2) is 37.7 Å². The summed E-state index contributed by atoms with van der Waals surface area (Å²) in [4.78, 5) is 0. The zero-order valence-electron chi connectivity index (χ0n) is 29.9. The molecule has 6 aliphatic heterocycles. The average Bonchev–Trinajstić information content (AvgIpc) is 3.99. The lowest BCUT2D eigenvalue weighted by atomic mass is 10.1. The minimum atomic E-state index is -1.98. The minimum Gasteiger partial charge on any atom is -0.394 e. The molecule has 0 bridgehead atoms. The SMILES string of the molecule is OC[C@@H](O)[C@@H]1O[C@@H](O[C@H]2[C@@H](O[C@@H]3[C@@H](O[C@@H]4O[C@@H](CO)[C@H](O)[C@H]4O[C@@H]4O[C@@H](CO)[C@H](O)[C@H]4O)[C@H](CO[C@@H]4O[C@@H](CO)[C@H](O)[C@H]4O)O[C@@H]3O)O[C@@H](CO)[C@@H]2O)[C@H](O)[C@H]1O. The van der Waals surface area contributed by atoms with Gasteiger partial charge in [0.1, 0.15) is 116 Å². The summed E-state index contributed by atoms with van der Waals surface area (Å²) in [6.45, 7) is -4.50. The Labute approximate surface area is 322 Å². The fourth-order valence-corrected chi connectivity index (χ4v) is 7.36. The summed E-state index contributed by atoms with van der Waals surface area (Å²) in [6.07, 6.45) is -40.7. The zero-order valence-corrected chi connectivity index (χ0v) is 29.9. The van der Waals surface area contributed by atoms with Crippen molar-refractivity contribution in [1.82, 2.24) is 0 Å². The van der Waals surface area contributed by atoms with Crippen LogP contribution in [0.15, 0.2) is 0 Å². The quantitative estimate of drug-likeness (QED) is 0.0646. The van der Waals surface area contributed by atoms with Crippen molar-refractivity contribution in [3.8, 4) is 0 Å². The molecule has 6 heterocycles. The molecule has 0 aromatic heterocycles. The van der Waals surface area contributed by atoms with E-state index in [0.29, 0.717) is 0 Å². The summed E-state index contributed by atoms with van der Waals surface area (Å²) in [5.41, 5.74) is 0. The molecule has 25 atom stereocenters. The normalized spacial score (nSPS) is 52.1. The van der Waals surface area contributed by atoms with E-state index < -0.39 is 193 Å². The van der Waals surface area contributed by atoms with Gasteiger partial charge < -0.3 is 129 Å². The molecule has 6 saturated heterocycles. The van der Waals surface area contributed by atoms with Crippen LogP contribution in [0.1, 0.15) is 0 Å². The van der Waals surface area contributed by atoms with Gasteiger partial charge in [0.2, 0.25) is 0 Å². The van der Waals surface area contributed by atoms with Crippen LogP contribution in [0.25, 0.3) is 0 Å². The highest BCUT2D eigenvalue weighted by Gasteiger charge is 2.58. The molecule has 332 valence electrons. The summed E-state index contributed by atoms with van der Waals surface area (Å²) >= 11 is 0. The summed E-state index contributed by atoms with van der Waals surface area (Å²) in [7, 11) is 0. The van der Waals surface area contributed by atoms with Crippen LogP contribution in [0.2, 0.25) is 0 Å². The van der Waals surface area contributed by atoms with E-state index in [0.717, 1.165) is 0 Å². The van der Waals surface area contributed by atoms with E-state index in [9.17, 15) is 76.6 Å². The third-order valence-electron chi connectivity index (χ3n) is 10.6. The first kappa shape index (κ1) is 45.5. The van der Waals surface area contributed by atoms with Gasteiger partial charge in [0.05, 0.1) is 39.6 Å². The van der Waals surface area contributed by atoms with Crippen molar-refractivity contribution in [1.29, 1.82) is 0 Å². The smallest absolute Gasteiger partial charge is 0.187 e. The Morgan fingerprint density at radius 3 is 1.28 bits per heavy atom. The van der Waals surface area contributed by atoms with Crippen LogP contribution in [0, 0.1) is 0 Å². The first-order chi connectivity index (χ1) is 27.2. The first-order valence-electron chi connectivity index (χ1n) is 18.2. The Morgan fingerprint density at radius 2 is 0.789 bits per heavy atom. The van der Waals surface area contributed by atoms with Crippen LogP contribution < -0.4 is 0 Å². The number of aliphatic hydroxyl groups excluding tert-OH is 15. The van der Waals surface area contributed by atoms with Crippen molar-refractivity contribution in [2.24, 2.45) is 0 Å². The van der Waals surface area contributed by atoms with E-state index in [2.05, 4.69) is 0 Å². The van der Waals surface area contributed by atoms with Crippen molar-refractivity contribution in [3.05, 3.63) is 0 Å².